The van der Waals surface area contributed by atoms with Crippen LogP contribution in [0.1, 0.15) is 76.2 Å². The second-order valence-electron chi connectivity index (χ2n) is 10.6. The number of carbonyl (C=O) groups is 1. The monoisotopic (exact) mass is 308 g/mol. The highest BCUT2D eigenvalue weighted by Gasteiger charge is 2.56. The molecule has 0 aromatic heterocycles. The van der Waals surface area contributed by atoms with Gasteiger partial charge in [-0.25, -0.2) is 0 Å². The Morgan fingerprint density at radius 3 is 1.36 bits per heavy atom. The van der Waals surface area contributed by atoms with Gasteiger partial charge in [0.25, 0.3) is 0 Å². The van der Waals surface area contributed by atoms with Gasteiger partial charge in [-0.15, -0.1) is 0 Å². The van der Waals surface area contributed by atoms with Crippen molar-refractivity contribution in [1.82, 2.24) is 0 Å². The van der Waals surface area contributed by atoms with Gasteiger partial charge in [-0.05, 0) is 40.4 Å². The van der Waals surface area contributed by atoms with Gasteiger partial charge in [-0.3, -0.25) is 4.79 Å². The standard InChI is InChI=1S/C11H22.C10H18O/c1-7(2)9-8(3)10(9)11(4,5)6;1-6(2)7-8(9(7)11)10(3,4)5/h7-10H,1-6H3;6-8H,1-5H3. The lowest BCUT2D eigenvalue weighted by Crippen LogP contribution is -2.11. The van der Waals surface area contributed by atoms with E-state index in [2.05, 4.69) is 76.2 Å². The molecule has 0 N–H and O–H groups in total. The predicted octanol–water partition coefficient (Wildman–Crippen LogP) is 6.07. The molecule has 0 spiro atoms. The normalized spacial score (nSPS) is 34.6. The molecule has 0 aliphatic heterocycles. The lowest BCUT2D eigenvalue weighted by atomic mass is 9.86. The first-order chi connectivity index (χ1) is 9.71. The fourth-order valence-electron chi connectivity index (χ4n) is 4.82. The van der Waals surface area contributed by atoms with E-state index in [-0.39, 0.29) is 5.41 Å². The third kappa shape index (κ3) is 4.36. The molecule has 0 amide bonds. The second-order valence-corrected chi connectivity index (χ2v) is 10.6. The zero-order chi connectivity index (χ0) is 17.6. The van der Waals surface area contributed by atoms with Gasteiger partial charge >= 0.3 is 0 Å². The quantitative estimate of drug-likeness (QED) is 0.604. The van der Waals surface area contributed by atoms with Gasteiger partial charge in [0, 0.05) is 11.8 Å². The molecule has 2 rings (SSSR count). The summed E-state index contributed by atoms with van der Waals surface area (Å²) < 4.78 is 0. The number of carbonyl (C=O) groups excluding carboxylic acids is 1. The molecule has 2 saturated carbocycles. The minimum Gasteiger partial charge on any atom is -0.299 e. The van der Waals surface area contributed by atoms with Gasteiger partial charge in [-0.2, -0.15) is 0 Å². The largest absolute Gasteiger partial charge is 0.299 e. The molecular weight excluding hydrogens is 268 g/mol. The number of hydrogen-bond acceptors (Lipinski definition) is 1. The highest BCUT2D eigenvalue weighted by Crippen LogP contribution is 2.59. The maximum absolute atomic E-state index is 11.3. The van der Waals surface area contributed by atoms with Crippen molar-refractivity contribution < 1.29 is 4.79 Å². The molecule has 130 valence electrons. The van der Waals surface area contributed by atoms with E-state index in [1.165, 1.54) is 0 Å². The third-order valence-electron chi connectivity index (χ3n) is 5.75. The molecular formula is C21H40O. The van der Waals surface area contributed by atoms with Gasteiger partial charge in [0.1, 0.15) is 5.78 Å². The maximum atomic E-state index is 11.3. The van der Waals surface area contributed by atoms with Crippen LogP contribution < -0.4 is 0 Å². The van der Waals surface area contributed by atoms with Crippen LogP contribution in [0.4, 0.5) is 0 Å². The Bertz CT molecular complexity index is 391. The van der Waals surface area contributed by atoms with Gasteiger partial charge < -0.3 is 0 Å². The lowest BCUT2D eigenvalue weighted by Gasteiger charge is -2.19. The fraction of sp³-hybridized carbons (Fsp3) is 0.952. The van der Waals surface area contributed by atoms with Crippen LogP contribution in [0.2, 0.25) is 0 Å². The van der Waals surface area contributed by atoms with Crippen LogP contribution in [0.15, 0.2) is 0 Å². The van der Waals surface area contributed by atoms with E-state index in [9.17, 15) is 4.79 Å². The van der Waals surface area contributed by atoms with Crippen molar-refractivity contribution in [2.24, 2.45) is 52.3 Å². The van der Waals surface area contributed by atoms with Crippen LogP contribution in [0.5, 0.6) is 0 Å². The van der Waals surface area contributed by atoms with Crippen molar-refractivity contribution >= 4 is 5.78 Å². The van der Waals surface area contributed by atoms with Gasteiger partial charge in [-0.1, -0.05) is 76.2 Å². The molecule has 0 bridgehead atoms. The van der Waals surface area contributed by atoms with Gasteiger partial charge in [0.15, 0.2) is 0 Å². The SMILES string of the molecule is CC(C)C1C(=O)C1C(C)(C)C.CC(C)C1C(C)C1C(C)(C)C. The van der Waals surface area contributed by atoms with Crippen LogP contribution in [-0.2, 0) is 4.79 Å². The average molecular weight is 309 g/mol. The molecule has 1 nitrogen and oxygen atoms in total. The van der Waals surface area contributed by atoms with Crippen molar-refractivity contribution in [2.75, 3.05) is 0 Å². The minimum atomic E-state index is 0.187. The summed E-state index contributed by atoms with van der Waals surface area (Å²) in [6.07, 6.45) is 0. The van der Waals surface area contributed by atoms with Crippen LogP contribution in [-0.4, -0.2) is 5.78 Å². The Morgan fingerprint density at radius 1 is 0.818 bits per heavy atom. The van der Waals surface area contributed by atoms with Crippen LogP contribution in [0, 0.1) is 52.3 Å². The Kier molecular flexibility index (Phi) is 5.63. The minimum absolute atomic E-state index is 0.187. The summed E-state index contributed by atoms with van der Waals surface area (Å²) in [7, 11) is 0. The van der Waals surface area contributed by atoms with E-state index in [0.717, 1.165) is 23.7 Å². The molecule has 0 radical (unpaired) electrons. The first-order valence-electron chi connectivity index (χ1n) is 9.25. The highest BCUT2D eigenvalue weighted by atomic mass is 16.1. The summed E-state index contributed by atoms with van der Waals surface area (Å²) in [5.41, 5.74) is 0.723. The summed E-state index contributed by atoms with van der Waals surface area (Å²) in [5, 5.41) is 0. The molecule has 2 fully saturated rings. The molecule has 0 heterocycles. The van der Waals surface area contributed by atoms with Crippen molar-refractivity contribution in [3.05, 3.63) is 0 Å². The van der Waals surface area contributed by atoms with E-state index in [4.69, 9.17) is 0 Å². The van der Waals surface area contributed by atoms with Crippen molar-refractivity contribution in [1.29, 1.82) is 0 Å². The molecule has 0 aromatic carbocycles. The number of ketones is 1. The summed E-state index contributed by atoms with van der Waals surface area (Å²) in [4.78, 5) is 11.3. The van der Waals surface area contributed by atoms with E-state index in [0.29, 0.717) is 29.0 Å². The molecule has 0 aromatic rings. The molecule has 5 atom stereocenters. The smallest absolute Gasteiger partial charge is 0.141 e. The second kappa shape index (κ2) is 6.29. The topological polar surface area (TPSA) is 17.1 Å². The molecule has 2 aliphatic carbocycles. The van der Waals surface area contributed by atoms with E-state index in [1.807, 2.05) is 0 Å². The molecule has 2 aliphatic rings. The van der Waals surface area contributed by atoms with E-state index < -0.39 is 0 Å². The van der Waals surface area contributed by atoms with Gasteiger partial charge in [0.2, 0.25) is 0 Å². The Labute approximate surface area is 139 Å². The average Bonchev–Trinajstić information content (AvgIpc) is 3.11. The van der Waals surface area contributed by atoms with Crippen LogP contribution in [0.25, 0.3) is 0 Å². The first-order valence-corrected chi connectivity index (χ1v) is 9.25. The molecule has 1 heteroatoms. The highest BCUT2D eigenvalue weighted by molar-refractivity contribution is 6.00. The zero-order valence-electron chi connectivity index (χ0n) is 16.9. The van der Waals surface area contributed by atoms with Crippen molar-refractivity contribution in [2.45, 2.75) is 76.2 Å². The van der Waals surface area contributed by atoms with Crippen molar-refractivity contribution in [3.8, 4) is 0 Å². The fourth-order valence-corrected chi connectivity index (χ4v) is 4.82. The molecule has 0 saturated heterocycles. The number of rotatable bonds is 2. The Balaban J connectivity index is 0.000000220. The number of hydrogen-bond donors (Lipinski definition) is 0. The maximum Gasteiger partial charge on any atom is 0.141 e. The summed E-state index contributed by atoms with van der Waals surface area (Å²) in [6, 6.07) is 0. The molecule has 22 heavy (non-hydrogen) atoms. The van der Waals surface area contributed by atoms with E-state index in [1.54, 1.807) is 0 Å². The third-order valence-corrected chi connectivity index (χ3v) is 5.75. The Hall–Kier alpha value is -0.330. The zero-order valence-corrected chi connectivity index (χ0v) is 16.9. The van der Waals surface area contributed by atoms with E-state index >= 15 is 0 Å². The van der Waals surface area contributed by atoms with Crippen molar-refractivity contribution in [3.63, 3.8) is 0 Å². The summed E-state index contributed by atoms with van der Waals surface area (Å²) >= 11 is 0. The Morgan fingerprint density at radius 2 is 1.27 bits per heavy atom. The molecule has 5 unspecified atom stereocenters. The first kappa shape index (κ1) is 19.7. The number of Topliss-reactive ketones (excluding diaryl/α,β-unsaturated/α-hetero) is 1. The lowest BCUT2D eigenvalue weighted by molar-refractivity contribution is -0.113. The predicted molar refractivity (Wildman–Crippen MR) is 96.7 cm³/mol. The summed E-state index contributed by atoms with van der Waals surface area (Å²) in [6.45, 7) is 24.9. The van der Waals surface area contributed by atoms with Gasteiger partial charge in [0.05, 0.1) is 0 Å². The van der Waals surface area contributed by atoms with Crippen LogP contribution in [0.3, 0.4) is 0 Å². The van der Waals surface area contributed by atoms with Crippen LogP contribution >= 0.6 is 0 Å². The summed E-state index contributed by atoms with van der Waals surface area (Å²) in [5.74, 6) is 5.53.